The monoisotopic (exact) mass is 661 g/mol. The molecule has 0 bridgehead atoms. The minimum atomic E-state index is -0.462. The minimum absolute atomic E-state index is 0.0284. The topological polar surface area (TPSA) is 167 Å². The number of methoxy groups -OCH3 is 1. The van der Waals surface area contributed by atoms with Crippen molar-refractivity contribution in [3.05, 3.63) is 63.9 Å². The Bertz CT molecular complexity index is 1430. The van der Waals surface area contributed by atoms with Gasteiger partial charge in [-0.2, -0.15) is 0 Å². The summed E-state index contributed by atoms with van der Waals surface area (Å²) < 4.78 is 11.4. The van der Waals surface area contributed by atoms with E-state index in [2.05, 4.69) is 45.1 Å². The number of quaternary nitrogens is 1. The van der Waals surface area contributed by atoms with Gasteiger partial charge in [0.2, 0.25) is 0 Å². The number of aromatic nitrogens is 2. The van der Waals surface area contributed by atoms with E-state index in [9.17, 15) is 9.59 Å². The van der Waals surface area contributed by atoms with Crippen LogP contribution in [0.3, 0.4) is 0 Å². The lowest BCUT2D eigenvalue weighted by molar-refractivity contribution is -0.908. The van der Waals surface area contributed by atoms with Crippen LogP contribution in [0.25, 0.3) is 0 Å². The Morgan fingerprint density at radius 3 is 2.33 bits per heavy atom. The maximum Gasteiger partial charge on any atom is 0.319 e. The number of carbonyl (C=O) groups excluding carboxylic acids is 2. The Hall–Kier alpha value is -4.00. The van der Waals surface area contributed by atoms with Gasteiger partial charge in [0.05, 0.1) is 52.0 Å². The van der Waals surface area contributed by atoms with Crippen LogP contribution in [0.5, 0.6) is 11.5 Å². The lowest BCUT2D eigenvalue weighted by Crippen LogP contribution is -2.50. The summed E-state index contributed by atoms with van der Waals surface area (Å²) >= 11 is 12.2. The number of nitrogens with two attached hydrogens (primary N) is 2. The van der Waals surface area contributed by atoms with Gasteiger partial charge >= 0.3 is 6.03 Å². The third-order valence-electron chi connectivity index (χ3n) is 7.28. The average molecular weight is 663 g/mol. The Morgan fingerprint density at radius 2 is 1.64 bits per heavy atom. The summed E-state index contributed by atoms with van der Waals surface area (Å²) in [5, 5.41) is 8.94. The quantitative estimate of drug-likeness (QED) is 0.102. The first-order valence-electron chi connectivity index (χ1n) is 14.8. The molecule has 3 rings (SSSR count). The molecular formula is C31H43Cl2N8O4+. The number of anilines is 3. The molecule has 0 aliphatic rings. The predicted octanol–water partition coefficient (Wildman–Crippen LogP) is 4.77. The van der Waals surface area contributed by atoms with E-state index in [1.54, 1.807) is 25.3 Å². The summed E-state index contributed by atoms with van der Waals surface area (Å²) in [7, 11) is 3.82. The molecule has 0 fully saturated rings. The van der Waals surface area contributed by atoms with E-state index in [0.717, 1.165) is 49.0 Å². The van der Waals surface area contributed by atoms with Crippen molar-refractivity contribution in [2.45, 2.75) is 32.6 Å². The van der Waals surface area contributed by atoms with Gasteiger partial charge in [0.1, 0.15) is 11.5 Å². The van der Waals surface area contributed by atoms with Crippen molar-refractivity contribution >= 4 is 52.5 Å². The summed E-state index contributed by atoms with van der Waals surface area (Å²) in [6.07, 6.45) is 3.52. The number of halogens is 2. The molecule has 1 aromatic heterocycles. The normalized spacial score (nSPS) is 12.2. The molecule has 12 nitrogen and oxygen atoms in total. The summed E-state index contributed by atoms with van der Waals surface area (Å²) in [4.78, 5) is 33.0. The molecular weight excluding hydrogens is 619 g/mol. The number of nitrogens with zero attached hydrogens (tertiary/aromatic N) is 3. The molecule has 2 aromatic carbocycles. The second-order valence-electron chi connectivity index (χ2n) is 10.8. The third-order valence-corrected chi connectivity index (χ3v) is 7.85. The summed E-state index contributed by atoms with van der Waals surface area (Å²) in [5.74, 6) is 0.832. The van der Waals surface area contributed by atoms with Crippen LogP contribution in [0, 0.1) is 0 Å². The van der Waals surface area contributed by atoms with Crippen molar-refractivity contribution in [3.63, 3.8) is 0 Å². The Morgan fingerprint density at radius 1 is 0.911 bits per heavy atom. The predicted molar refractivity (Wildman–Crippen MR) is 179 cm³/mol. The highest BCUT2D eigenvalue weighted by atomic mass is 35.5. The number of nitrogens with one attached hydrogen (secondary N) is 3. The van der Waals surface area contributed by atoms with Crippen molar-refractivity contribution in [2.75, 3.05) is 70.3 Å². The maximum atomic E-state index is 12.8. The van der Waals surface area contributed by atoms with Gasteiger partial charge in [-0.3, -0.25) is 4.79 Å². The molecule has 0 saturated carbocycles. The third kappa shape index (κ3) is 11.5. The Kier molecular flexibility index (Phi) is 13.8. The van der Waals surface area contributed by atoms with Crippen LogP contribution in [-0.4, -0.2) is 79.9 Å². The van der Waals surface area contributed by atoms with E-state index >= 15 is 0 Å². The van der Waals surface area contributed by atoms with E-state index in [4.69, 9.17) is 44.1 Å². The van der Waals surface area contributed by atoms with Crippen molar-refractivity contribution in [1.29, 1.82) is 0 Å². The van der Waals surface area contributed by atoms with E-state index in [0.29, 0.717) is 42.7 Å². The molecule has 244 valence electrons. The first kappa shape index (κ1) is 35.5. The molecule has 7 N–H and O–H groups in total. The van der Waals surface area contributed by atoms with Crippen LogP contribution in [-0.2, 0) is 6.42 Å². The lowest BCUT2D eigenvalue weighted by atomic mass is 10.1. The highest BCUT2D eigenvalue weighted by molar-refractivity contribution is 6.32. The number of likely N-dealkylation sites (N-methyl/N-ethyl adjacent to an activating group) is 1. The number of benzene rings is 2. The zero-order valence-corrected chi connectivity index (χ0v) is 27.5. The molecule has 3 aromatic rings. The molecule has 1 unspecified atom stereocenters. The molecule has 0 saturated heterocycles. The number of amides is 3. The number of urea groups is 1. The van der Waals surface area contributed by atoms with Crippen LogP contribution < -0.4 is 36.9 Å². The summed E-state index contributed by atoms with van der Waals surface area (Å²) in [6, 6.07) is 12.9. The van der Waals surface area contributed by atoms with Gasteiger partial charge in [0.25, 0.3) is 5.91 Å². The molecule has 45 heavy (non-hydrogen) atoms. The van der Waals surface area contributed by atoms with Crippen molar-refractivity contribution < 1.29 is 23.5 Å². The first-order valence-corrected chi connectivity index (χ1v) is 15.6. The standard InChI is InChI=1S/C31H42Cl2N8O4/c1-4-45-25-14-11-22(20-24(25)32)38-31(43)37-15-5-6-17-41(2,18-7-8-21-9-12-23(44-3)13-10-21)19-16-36-30(42)26-28(34)40-29(35)27(33)39-26/h9-14,20H,4-8,15-19H2,1-3H3,(H6-,34,35,36,37,38,40,42,43)/p+1. The van der Waals surface area contributed by atoms with Gasteiger partial charge < -0.3 is 41.4 Å². The number of hydrogen-bond acceptors (Lipinski definition) is 8. The van der Waals surface area contributed by atoms with Gasteiger partial charge in [0.15, 0.2) is 22.5 Å². The maximum absolute atomic E-state index is 12.8. The van der Waals surface area contributed by atoms with Crippen LogP contribution in [0.1, 0.15) is 42.2 Å². The van der Waals surface area contributed by atoms with E-state index < -0.39 is 5.91 Å². The van der Waals surface area contributed by atoms with Gasteiger partial charge in [0, 0.05) is 18.7 Å². The van der Waals surface area contributed by atoms with Gasteiger partial charge in [-0.25, -0.2) is 14.8 Å². The molecule has 1 heterocycles. The fourth-order valence-electron chi connectivity index (χ4n) is 4.77. The average Bonchev–Trinajstić information content (AvgIpc) is 3.00. The molecule has 0 radical (unpaired) electrons. The Balaban J connectivity index is 1.51. The molecule has 0 spiro atoms. The highest BCUT2D eigenvalue weighted by Crippen LogP contribution is 2.27. The van der Waals surface area contributed by atoms with Gasteiger partial charge in [-0.05, 0) is 62.1 Å². The zero-order valence-electron chi connectivity index (χ0n) is 26.0. The first-order chi connectivity index (χ1) is 21.5. The summed E-state index contributed by atoms with van der Waals surface area (Å²) in [5.41, 5.74) is 13.2. The number of nitrogen functional groups attached to an aromatic ring is 2. The minimum Gasteiger partial charge on any atom is -0.497 e. The smallest absolute Gasteiger partial charge is 0.319 e. The molecule has 14 heteroatoms. The highest BCUT2D eigenvalue weighted by Gasteiger charge is 2.22. The lowest BCUT2D eigenvalue weighted by Gasteiger charge is -2.35. The van der Waals surface area contributed by atoms with Gasteiger partial charge in [-0.15, -0.1) is 0 Å². The van der Waals surface area contributed by atoms with E-state index in [1.165, 1.54) is 5.56 Å². The molecule has 3 amide bonds. The van der Waals surface area contributed by atoms with Crippen molar-refractivity contribution in [3.8, 4) is 11.5 Å². The van der Waals surface area contributed by atoms with E-state index in [-0.39, 0.29) is 28.5 Å². The fourth-order valence-corrected chi connectivity index (χ4v) is 5.13. The SMILES string of the molecule is CCOc1ccc(NC(=O)NCCCC[N+](C)(CCCc2ccc(OC)cc2)CCNC(=O)c2nc(Cl)c(N)nc2N)cc1Cl. The van der Waals surface area contributed by atoms with Crippen LogP contribution >= 0.6 is 23.2 Å². The summed E-state index contributed by atoms with van der Waals surface area (Å²) in [6.45, 7) is 5.71. The van der Waals surface area contributed by atoms with Crippen molar-refractivity contribution in [2.24, 2.45) is 0 Å². The second kappa shape index (κ2) is 17.5. The van der Waals surface area contributed by atoms with Crippen LogP contribution in [0.4, 0.5) is 22.1 Å². The second-order valence-corrected chi connectivity index (χ2v) is 11.6. The number of carbonyl (C=O) groups is 2. The van der Waals surface area contributed by atoms with Crippen LogP contribution in [0.2, 0.25) is 10.2 Å². The number of rotatable bonds is 17. The van der Waals surface area contributed by atoms with Crippen molar-refractivity contribution in [1.82, 2.24) is 20.6 Å². The molecule has 1 atom stereocenters. The van der Waals surface area contributed by atoms with Crippen LogP contribution in [0.15, 0.2) is 42.5 Å². The molecule has 0 aliphatic carbocycles. The fraction of sp³-hybridized carbons (Fsp3) is 0.419. The number of ether oxygens (including phenoxy) is 2. The largest absolute Gasteiger partial charge is 0.497 e. The number of hydrogen-bond donors (Lipinski definition) is 5. The Labute approximate surface area is 274 Å². The number of unbranched alkanes of at least 4 members (excludes halogenated alkanes) is 1. The number of aryl methyl sites for hydroxylation is 1. The van der Waals surface area contributed by atoms with E-state index in [1.807, 2.05) is 19.1 Å². The zero-order chi connectivity index (χ0) is 32.8. The molecule has 0 aliphatic heterocycles. The van der Waals surface area contributed by atoms with Gasteiger partial charge in [-0.1, -0.05) is 35.3 Å².